The number of nitrogens with one attached hydrogen (secondary N) is 1. The first-order valence-corrected chi connectivity index (χ1v) is 8.57. The highest BCUT2D eigenvalue weighted by Gasteiger charge is 2.15. The zero-order valence-corrected chi connectivity index (χ0v) is 15.4. The number of amidine groups is 1. The maximum absolute atomic E-state index is 12.7. The fraction of sp³-hybridized carbons (Fsp3) is 0.150. The van der Waals surface area contributed by atoms with E-state index in [1.165, 1.54) is 6.26 Å². The van der Waals surface area contributed by atoms with Gasteiger partial charge in [0.2, 0.25) is 5.43 Å². The minimum absolute atomic E-state index is 0.0143. The molecule has 1 amide bonds. The number of carbonyl (C=O) groups excluding carboxylic acids is 1. The van der Waals surface area contributed by atoms with Crippen LogP contribution >= 0.6 is 0 Å². The van der Waals surface area contributed by atoms with E-state index in [0.717, 1.165) is 0 Å². The molecule has 2 aromatic carbocycles. The van der Waals surface area contributed by atoms with Crippen LogP contribution in [-0.2, 0) is 0 Å². The van der Waals surface area contributed by atoms with Gasteiger partial charge in [-0.25, -0.2) is 0 Å². The highest BCUT2D eigenvalue weighted by atomic mass is 16.5. The van der Waals surface area contributed by atoms with Gasteiger partial charge in [-0.1, -0.05) is 6.07 Å². The Hall–Kier alpha value is -3.81. The number of fused-ring (bicyclic) bond motifs is 1. The van der Waals surface area contributed by atoms with Crippen LogP contribution in [0.15, 0.2) is 63.0 Å². The van der Waals surface area contributed by atoms with Crippen molar-refractivity contribution in [1.82, 2.24) is 0 Å². The molecule has 1 aromatic heterocycles. The lowest BCUT2D eigenvalue weighted by Gasteiger charge is -2.10. The first kappa shape index (κ1) is 19.0. The average Bonchev–Trinajstić information content (AvgIpc) is 2.69. The quantitative estimate of drug-likeness (QED) is 0.269. The molecular formula is C20H20N4O4. The van der Waals surface area contributed by atoms with Crippen molar-refractivity contribution in [2.75, 3.05) is 5.32 Å². The van der Waals surface area contributed by atoms with Crippen LogP contribution in [-0.4, -0.2) is 17.8 Å². The lowest BCUT2D eigenvalue weighted by molar-refractivity contribution is 0.102. The molecule has 0 aliphatic heterocycles. The lowest BCUT2D eigenvalue weighted by Crippen LogP contribution is -2.20. The topological polar surface area (TPSA) is 133 Å². The number of rotatable bonds is 5. The Labute approximate surface area is 160 Å². The molecule has 0 aliphatic rings. The van der Waals surface area contributed by atoms with Gasteiger partial charge >= 0.3 is 0 Å². The van der Waals surface area contributed by atoms with Crippen LogP contribution in [0.2, 0.25) is 0 Å². The maximum Gasteiger partial charge on any atom is 0.255 e. The van der Waals surface area contributed by atoms with Gasteiger partial charge in [0.1, 0.15) is 23.3 Å². The van der Waals surface area contributed by atoms with Crippen LogP contribution in [0.3, 0.4) is 0 Å². The summed E-state index contributed by atoms with van der Waals surface area (Å²) in [6, 6.07) is 11.5. The Kier molecular flexibility index (Phi) is 5.30. The molecule has 8 heteroatoms. The summed E-state index contributed by atoms with van der Waals surface area (Å²) in [5.74, 6) is 5.46. The number of para-hydroxylation sites is 1. The van der Waals surface area contributed by atoms with Gasteiger partial charge in [0.25, 0.3) is 5.91 Å². The van der Waals surface area contributed by atoms with E-state index in [0.29, 0.717) is 16.9 Å². The van der Waals surface area contributed by atoms with E-state index in [-0.39, 0.29) is 28.6 Å². The predicted molar refractivity (Wildman–Crippen MR) is 108 cm³/mol. The van der Waals surface area contributed by atoms with Gasteiger partial charge in [-0.2, -0.15) is 5.10 Å². The average molecular weight is 380 g/mol. The molecule has 0 aliphatic carbocycles. The Morgan fingerprint density at radius 3 is 2.54 bits per heavy atom. The van der Waals surface area contributed by atoms with E-state index >= 15 is 0 Å². The zero-order chi connectivity index (χ0) is 20.3. The second-order valence-corrected chi connectivity index (χ2v) is 6.32. The monoisotopic (exact) mass is 380 g/mol. The molecule has 1 heterocycles. The Bertz CT molecular complexity index is 1100. The van der Waals surface area contributed by atoms with E-state index in [9.17, 15) is 9.59 Å². The summed E-state index contributed by atoms with van der Waals surface area (Å²) < 4.78 is 11.1. The van der Waals surface area contributed by atoms with Crippen molar-refractivity contribution in [1.29, 1.82) is 0 Å². The largest absolute Gasteiger partial charge is 0.491 e. The third-order valence-corrected chi connectivity index (χ3v) is 3.95. The number of nitrogens with two attached hydrogens (primary N) is 2. The van der Waals surface area contributed by atoms with Crippen molar-refractivity contribution in [3.05, 3.63) is 70.1 Å². The number of ether oxygens (including phenoxy) is 1. The van der Waals surface area contributed by atoms with Gasteiger partial charge in [-0.3, -0.25) is 9.59 Å². The van der Waals surface area contributed by atoms with Crippen molar-refractivity contribution in [3.8, 4) is 5.75 Å². The zero-order valence-electron chi connectivity index (χ0n) is 15.4. The molecule has 5 N–H and O–H groups in total. The van der Waals surface area contributed by atoms with Crippen molar-refractivity contribution >= 4 is 28.4 Å². The summed E-state index contributed by atoms with van der Waals surface area (Å²) in [6.45, 7) is 3.83. The van der Waals surface area contributed by atoms with Crippen molar-refractivity contribution in [3.63, 3.8) is 0 Å². The first-order valence-electron chi connectivity index (χ1n) is 8.57. The highest BCUT2D eigenvalue weighted by molar-refractivity contribution is 6.08. The normalized spacial score (nSPS) is 11.6. The molecular weight excluding hydrogens is 360 g/mol. The summed E-state index contributed by atoms with van der Waals surface area (Å²) in [5.41, 5.74) is 6.36. The molecule has 28 heavy (non-hydrogen) atoms. The van der Waals surface area contributed by atoms with E-state index in [2.05, 4.69) is 10.4 Å². The van der Waals surface area contributed by atoms with Crippen molar-refractivity contribution in [2.45, 2.75) is 20.0 Å². The Balaban J connectivity index is 1.89. The second-order valence-electron chi connectivity index (χ2n) is 6.32. The summed E-state index contributed by atoms with van der Waals surface area (Å²) in [4.78, 5) is 25.2. The van der Waals surface area contributed by atoms with E-state index in [1.807, 2.05) is 13.8 Å². The van der Waals surface area contributed by atoms with Gasteiger partial charge < -0.3 is 26.0 Å². The molecule has 144 valence electrons. The predicted octanol–water partition coefficient (Wildman–Crippen LogP) is 2.41. The smallest absolute Gasteiger partial charge is 0.255 e. The summed E-state index contributed by atoms with van der Waals surface area (Å²) in [7, 11) is 0. The Morgan fingerprint density at radius 2 is 1.89 bits per heavy atom. The molecule has 0 bridgehead atoms. The SMILES string of the molecule is CC(C)Oc1ccc(C(=O)Nc2coc3c(C(N)=NN)cccc3c2=O)cc1. The molecule has 0 atom stereocenters. The van der Waals surface area contributed by atoms with Crippen LogP contribution < -0.4 is 27.1 Å². The number of nitrogens with zero attached hydrogens (tertiary/aromatic N) is 1. The third kappa shape index (κ3) is 3.80. The van der Waals surface area contributed by atoms with E-state index in [1.54, 1.807) is 42.5 Å². The van der Waals surface area contributed by atoms with E-state index < -0.39 is 11.3 Å². The van der Waals surface area contributed by atoms with Crippen LogP contribution in [0.1, 0.15) is 29.8 Å². The fourth-order valence-electron chi connectivity index (χ4n) is 2.67. The Morgan fingerprint density at radius 1 is 1.18 bits per heavy atom. The second kappa shape index (κ2) is 7.83. The molecule has 3 aromatic rings. The molecule has 0 fully saturated rings. The number of hydrazone groups is 1. The number of benzene rings is 2. The summed E-state index contributed by atoms with van der Waals surface area (Å²) in [5, 5.41) is 6.25. The third-order valence-electron chi connectivity index (χ3n) is 3.95. The number of hydrogen-bond donors (Lipinski definition) is 3. The molecule has 0 saturated carbocycles. The van der Waals surface area contributed by atoms with Gasteiger partial charge in [0.15, 0.2) is 5.84 Å². The van der Waals surface area contributed by atoms with Gasteiger partial charge in [0.05, 0.1) is 17.1 Å². The standard InChI is InChI=1S/C20H20N4O4/c1-11(2)28-13-8-6-12(7-9-13)20(26)23-16-10-27-18-14(17(16)25)4-3-5-15(18)19(21)24-22/h3-11H,22H2,1-2H3,(H2,21,24)(H,23,26). The first-order chi connectivity index (χ1) is 13.4. The minimum Gasteiger partial charge on any atom is -0.491 e. The number of anilines is 1. The number of carbonyl (C=O) groups is 1. The molecule has 0 radical (unpaired) electrons. The van der Waals surface area contributed by atoms with Crippen molar-refractivity contribution in [2.24, 2.45) is 16.7 Å². The van der Waals surface area contributed by atoms with Crippen LogP contribution in [0.5, 0.6) is 5.75 Å². The van der Waals surface area contributed by atoms with E-state index in [4.69, 9.17) is 20.7 Å². The van der Waals surface area contributed by atoms with Gasteiger partial charge in [0, 0.05) is 5.56 Å². The van der Waals surface area contributed by atoms with Gasteiger partial charge in [-0.15, -0.1) is 0 Å². The lowest BCUT2D eigenvalue weighted by atomic mass is 10.1. The van der Waals surface area contributed by atoms with Crippen molar-refractivity contribution < 1.29 is 13.9 Å². The molecule has 0 saturated heterocycles. The van der Waals surface area contributed by atoms with Crippen LogP contribution in [0, 0.1) is 0 Å². The van der Waals surface area contributed by atoms with Crippen LogP contribution in [0.4, 0.5) is 5.69 Å². The number of amides is 1. The maximum atomic E-state index is 12.7. The number of hydrogen-bond acceptors (Lipinski definition) is 6. The molecule has 0 unspecified atom stereocenters. The summed E-state index contributed by atoms with van der Waals surface area (Å²) >= 11 is 0. The molecule has 0 spiro atoms. The highest BCUT2D eigenvalue weighted by Crippen LogP contribution is 2.19. The minimum atomic E-state index is -0.443. The summed E-state index contributed by atoms with van der Waals surface area (Å²) in [6.07, 6.45) is 1.21. The van der Waals surface area contributed by atoms with Crippen LogP contribution in [0.25, 0.3) is 11.0 Å². The molecule has 8 nitrogen and oxygen atoms in total. The van der Waals surface area contributed by atoms with Gasteiger partial charge in [-0.05, 0) is 50.2 Å². The fourth-order valence-corrected chi connectivity index (χ4v) is 2.67. The molecule has 3 rings (SSSR count).